The van der Waals surface area contributed by atoms with Gasteiger partial charge in [0.05, 0.1) is 5.69 Å². The largest absolute Gasteiger partial charge is 0.270 e. The lowest BCUT2D eigenvalue weighted by Crippen LogP contribution is -2.24. The van der Waals surface area contributed by atoms with Crippen molar-refractivity contribution in [2.75, 3.05) is 5.43 Å². The van der Waals surface area contributed by atoms with Crippen molar-refractivity contribution in [2.45, 2.75) is 20.8 Å². The molecule has 5 heteroatoms. The first kappa shape index (κ1) is 18.0. The van der Waals surface area contributed by atoms with Gasteiger partial charge in [-0.1, -0.05) is 35.9 Å². The number of amides is 1. The molecule has 26 heavy (non-hydrogen) atoms. The van der Waals surface area contributed by atoms with Gasteiger partial charge in [-0.2, -0.15) is 0 Å². The molecular weight excluding hydrogens is 346 g/mol. The molecule has 132 valence electrons. The highest BCUT2D eigenvalue weighted by Crippen LogP contribution is 2.23. The predicted octanol–water partition coefficient (Wildman–Crippen LogP) is 5.20. The van der Waals surface area contributed by atoms with E-state index in [2.05, 4.69) is 10.4 Å². The Morgan fingerprint density at radius 1 is 1.08 bits per heavy atom. The Labute approximate surface area is 158 Å². The van der Waals surface area contributed by atoms with E-state index in [-0.39, 0.29) is 5.91 Å². The lowest BCUT2D eigenvalue weighted by atomic mass is 10.2. The van der Waals surface area contributed by atoms with Crippen LogP contribution in [-0.4, -0.2) is 16.8 Å². The van der Waals surface area contributed by atoms with Crippen LogP contribution in [0.25, 0.3) is 0 Å². The van der Waals surface area contributed by atoms with E-state index in [0.717, 1.165) is 28.2 Å². The molecule has 3 aromatic rings. The summed E-state index contributed by atoms with van der Waals surface area (Å²) in [5.74, 6) is -0.151. The van der Waals surface area contributed by atoms with Gasteiger partial charge in [0.25, 0.3) is 5.91 Å². The molecule has 0 atom stereocenters. The summed E-state index contributed by atoms with van der Waals surface area (Å²) in [6, 6.07) is 16.8. The summed E-state index contributed by atoms with van der Waals surface area (Å²) in [6.07, 6.45) is 1.80. The molecule has 0 unspecified atom stereocenters. The first-order valence-electron chi connectivity index (χ1n) is 8.31. The molecule has 3 rings (SSSR count). The van der Waals surface area contributed by atoms with Crippen molar-refractivity contribution in [1.82, 2.24) is 4.68 Å². The molecule has 1 amide bonds. The topological polar surface area (TPSA) is 46.4 Å². The van der Waals surface area contributed by atoms with Crippen molar-refractivity contribution in [3.63, 3.8) is 0 Å². The number of aryl methyl sites for hydroxylation is 2. The Kier molecular flexibility index (Phi) is 5.24. The standard InChI is InChI=1S/C21H20ClN3O/c1-14-9-10-19(22)12-20(14)23-13-18-11-15(2)25(16(18)3)24-21(26)17-7-5-4-6-8-17/h4-13H,1-3H3,(H,24,26). The van der Waals surface area contributed by atoms with Crippen LogP contribution in [0.2, 0.25) is 5.02 Å². The first-order valence-corrected chi connectivity index (χ1v) is 8.69. The summed E-state index contributed by atoms with van der Waals surface area (Å²) in [6.45, 7) is 5.89. The van der Waals surface area contributed by atoms with E-state index in [1.165, 1.54) is 0 Å². The molecule has 0 fully saturated rings. The summed E-state index contributed by atoms with van der Waals surface area (Å²) in [5.41, 5.74) is 8.21. The summed E-state index contributed by atoms with van der Waals surface area (Å²) < 4.78 is 1.78. The zero-order chi connectivity index (χ0) is 18.7. The van der Waals surface area contributed by atoms with Gasteiger partial charge in [0.2, 0.25) is 0 Å². The number of hydrogen-bond acceptors (Lipinski definition) is 2. The van der Waals surface area contributed by atoms with Crippen molar-refractivity contribution >= 4 is 29.4 Å². The average molecular weight is 366 g/mol. The van der Waals surface area contributed by atoms with Crippen LogP contribution in [0.3, 0.4) is 0 Å². The van der Waals surface area contributed by atoms with Gasteiger partial charge in [-0.3, -0.25) is 19.9 Å². The van der Waals surface area contributed by atoms with Gasteiger partial charge in [-0.25, -0.2) is 0 Å². The molecule has 1 N–H and O–H groups in total. The molecule has 0 aliphatic heterocycles. The third-order valence-corrected chi connectivity index (χ3v) is 4.47. The third-order valence-electron chi connectivity index (χ3n) is 4.23. The Morgan fingerprint density at radius 2 is 1.81 bits per heavy atom. The highest BCUT2D eigenvalue weighted by Gasteiger charge is 2.11. The minimum absolute atomic E-state index is 0.151. The lowest BCUT2D eigenvalue weighted by molar-refractivity contribution is 0.101. The van der Waals surface area contributed by atoms with Gasteiger partial charge in [0.15, 0.2) is 0 Å². The highest BCUT2D eigenvalue weighted by atomic mass is 35.5. The van der Waals surface area contributed by atoms with Crippen LogP contribution in [0, 0.1) is 20.8 Å². The van der Waals surface area contributed by atoms with E-state index < -0.39 is 0 Å². The van der Waals surface area contributed by atoms with Crippen molar-refractivity contribution in [3.05, 3.63) is 87.7 Å². The smallest absolute Gasteiger partial charge is 0.267 e. The number of benzene rings is 2. The number of hydrogen-bond donors (Lipinski definition) is 1. The minimum Gasteiger partial charge on any atom is -0.267 e. The molecule has 0 spiro atoms. The molecule has 0 saturated heterocycles. The Bertz CT molecular complexity index is 974. The second kappa shape index (κ2) is 7.58. The summed E-state index contributed by atoms with van der Waals surface area (Å²) in [5, 5.41) is 0.656. The van der Waals surface area contributed by atoms with Crippen molar-refractivity contribution < 1.29 is 4.79 Å². The molecule has 1 heterocycles. The number of nitrogens with one attached hydrogen (secondary N) is 1. The predicted molar refractivity (Wildman–Crippen MR) is 107 cm³/mol. The van der Waals surface area contributed by atoms with Crippen LogP contribution >= 0.6 is 11.6 Å². The second-order valence-electron chi connectivity index (χ2n) is 6.16. The van der Waals surface area contributed by atoms with Crippen molar-refractivity contribution in [3.8, 4) is 0 Å². The number of nitrogens with zero attached hydrogens (tertiary/aromatic N) is 2. The van der Waals surface area contributed by atoms with Gasteiger partial charge >= 0.3 is 0 Å². The Hall–Kier alpha value is -2.85. The van der Waals surface area contributed by atoms with Gasteiger partial charge < -0.3 is 0 Å². The van der Waals surface area contributed by atoms with E-state index in [1.54, 1.807) is 23.0 Å². The maximum Gasteiger partial charge on any atom is 0.270 e. The molecule has 2 aromatic carbocycles. The maximum atomic E-state index is 12.4. The fourth-order valence-electron chi connectivity index (χ4n) is 2.71. The minimum atomic E-state index is -0.151. The average Bonchev–Trinajstić information content (AvgIpc) is 2.90. The first-order chi connectivity index (χ1) is 12.5. The lowest BCUT2D eigenvalue weighted by Gasteiger charge is -2.11. The molecular formula is C21H20ClN3O. The van der Waals surface area contributed by atoms with Crippen molar-refractivity contribution in [2.24, 2.45) is 4.99 Å². The Morgan fingerprint density at radius 3 is 2.54 bits per heavy atom. The normalized spacial score (nSPS) is 11.1. The van der Waals surface area contributed by atoms with Crippen molar-refractivity contribution in [1.29, 1.82) is 0 Å². The van der Waals surface area contributed by atoms with Crippen LogP contribution in [0.5, 0.6) is 0 Å². The Balaban J connectivity index is 1.85. The van der Waals surface area contributed by atoms with E-state index in [1.807, 2.05) is 63.2 Å². The SMILES string of the molecule is Cc1ccc(Cl)cc1N=Cc1cc(C)n(NC(=O)c2ccccc2)c1C. The number of halogens is 1. The summed E-state index contributed by atoms with van der Waals surface area (Å²) in [7, 11) is 0. The summed E-state index contributed by atoms with van der Waals surface area (Å²) >= 11 is 6.05. The number of aliphatic imine (C=N–C) groups is 1. The summed E-state index contributed by atoms with van der Waals surface area (Å²) in [4.78, 5) is 17.0. The quantitative estimate of drug-likeness (QED) is 0.634. The molecule has 4 nitrogen and oxygen atoms in total. The number of aromatic nitrogens is 1. The van der Waals surface area contributed by atoms with E-state index in [4.69, 9.17) is 11.6 Å². The maximum absolute atomic E-state index is 12.4. The van der Waals surface area contributed by atoms with Crippen LogP contribution in [0.1, 0.15) is 32.9 Å². The molecule has 0 bridgehead atoms. The zero-order valence-electron chi connectivity index (χ0n) is 15.0. The number of carbonyl (C=O) groups is 1. The number of rotatable bonds is 4. The van der Waals surface area contributed by atoms with Gasteiger partial charge in [-0.15, -0.1) is 0 Å². The fraction of sp³-hybridized carbons (Fsp3) is 0.143. The van der Waals surface area contributed by atoms with E-state index in [0.29, 0.717) is 10.6 Å². The number of carbonyl (C=O) groups excluding carboxylic acids is 1. The van der Waals surface area contributed by atoms with Crippen LogP contribution in [-0.2, 0) is 0 Å². The van der Waals surface area contributed by atoms with Crippen LogP contribution < -0.4 is 5.43 Å². The second-order valence-corrected chi connectivity index (χ2v) is 6.59. The van der Waals surface area contributed by atoms with Gasteiger partial charge in [0, 0.05) is 33.8 Å². The molecule has 0 radical (unpaired) electrons. The van der Waals surface area contributed by atoms with Crippen LogP contribution in [0.4, 0.5) is 5.69 Å². The molecule has 0 aliphatic carbocycles. The van der Waals surface area contributed by atoms with Crippen LogP contribution in [0.15, 0.2) is 59.6 Å². The highest BCUT2D eigenvalue weighted by molar-refractivity contribution is 6.30. The third kappa shape index (κ3) is 3.86. The molecule has 0 aliphatic rings. The van der Waals surface area contributed by atoms with Gasteiger partial charge in [-0.05, 0) is 56.7 Å². The van der Waals surface area contributed by atoms with Gasteiger partial charge in [0.1, 0.15) is 0 Å². The molecule has 0 saturated carbocycles. The zero-order valence-corrected chi connectivity index (χ0v) is 15.7. The fourth-order valence-corrected chi connectivity index (χ4v) is 2.87. The molecule has 1 aromatic heterocycles. The van der Waals surface area contributed by atoms with E-state index in [9.17, 15) is 4.79 Å². The monoisotopic (exact) mass is 365 g/mol. The van der Waals surface area contributed by atoms with E-state index >= 15 is 0 Å².